The Kier molecular flexibility index (Phi) is 4.39. The van der Waals surface area contributed by atoms with E-state index in [1.54, 1.807) is 0 Å². The molecule has 1 rings (SSSR count). The second-order valence-corrected chi connectivity index (χ2v) is 3.28. The van der Waals surface area contributed by atoms with Gasteiger partial charge in [-0.15, -0.1) is 11.6 Å². The van der Waals surface area contributed by atoms with Gasteiger partial charge in [-0.2, -0.15) is 4.68 Å². The molecule has 0 fully saturated rings. The normalized spacial score (nSPS) is 10.4. The minimum atomic E-state index is -0.632. The van der Waals surface area contributed by atoms with Crippen molar-refractivity contribution in [2.24, 2.45) is 0 Å². The quantitative estimate of drug-likeness (QED) is 0.420. The van der Waals surface area contributed by atoms with Gasteiger partial charge in [-0.3, -0.25) is 4.79 Å². The summed E-state index contributed by atoms with van der Waals surface area (Å²) < 4.78 is 5.86. The van der Waals surface area contributed by atoms with Crippen molar-refractivity contribution >= 4 is 23.2 Å². The minimum absolute atomic E-state index is 0.0566. The SMILES string of the molecule is COCC(=O)Cn1nc([N+](=O)[O-])cc1CCl. The van der Waals surface area contributed by atoms with E-state index in [9.17, 15) is 14.9 Å². The second-order valence-electron chi connectivity index (χ2n) is 3.01. The van der Waals surface area contributed by atoms with Gasteiger partial charge in [-0.25, -0.2) is 0 Å². The Morgan fingerprint density at radius 1 is 1.75 bits per heavy atom. The fourth-order valence-corrected chi connectivity index (χ4v) is 1.36. The number of alkyl halides is 1. The van der Waals surface area contributed by atoms with Crippen molar-refractivity contribution < 1.29 is 14.5 Å². The van der Waals surface area contributed by atoms with Gasteiger partial charge in [-0.05, 0) is 4.92 Å². The number of nitro groups is 1. The van der Waals surface area contributed by atoms with Crippen LogP contribution in [0.15, 0.2) is 6.07 Å². The Hall–Kier alpha value is -1.47. The molecular formula is C8H10ClN3O4. The molecule has 88 valence electrons. The van der Waals surface area contributed by atoms with Crippen LogP contribution >= 0.6 is 11.6 Å². The van der Waals surface area contributed by atoms with Gasteiger partial charge in [0, 0.05) is 7.11 Å². The molecule has 0 spiro atoms. The van der Waals surface area contributed by atoms with Crippen molar-refractivity contribution in [3.05, 3.63) is 21.9 Å². The summed E-state index contributed by atoms with van der Waals surface area (Å²) in [4.78, 5) is 21.1. The topological polar surface area (TPSA) is 87.3 Å². The third-order valence-electron chi connectivity index (χ3n) is 1.81. The fourth-order valence-electron chi connectivity index (χ4n) is 1.15. The summed E-state index contributed by atoms with van der Waals surface area (Å²) >= 11 is 5.58. The maximum Gasteiger partial charge on any atom is 0.390 e. The molecule has 0 aromatic carbocycles. The largest absolute Gasteiger partial charge is 0.390 e. The van der Waals surface area contributed by atoms with Crippen LogP contribution in [0, 0.1) is 10.1 Å². The zero-order valence-electron chi connectivity index (χ0n) is 8.55. The monoisotopic (exact) mass is 247 g/mol. The smallest absolute Gasteiger partial charge is 0.377 e. The Balaban J connectivity index is 2.85. The molecule has 1 heterocycles. The number of aromatic nitrogens is 2. The summed E-state index contributed by atoms with van der Waals surface area (Å²) in [6.07, 6.45) is 0. The maximum absolute atomic E-state index is 11.3. The second kappa shape index (κ2) is 5.57. The first-order chi connectivity index (χ1) is 7.58. The summed E-state index contributed by atoms with van der Waals surface area (Å²) in [7, 11) is 1.39. The number of hydrogen-bond donors (Lipinski definition) is 0. The van der Waals surface area contributed by atoms with Crippen LogP contribution in [0.3, 0.4) is 0 Å². The van der Waals surface area contributed by atoms with Crippen molar-refractivity contribution in [3.8, 4) is 0 Å². The van der Waals surface area contributed by atoms with E-state index in [1.807, 2.05) is 0 Å². The number of Topliss-reactive ketones (excluding diaryl/α,β-unsaturated/α-hetero) is 1. The first-order valence-electron chi connectivity index (χ1n) is 4.36. The summed E-state index contributed by atoms with van der Waals surface area (Å²) in [5.74, 6) is -0.492. The highest BCUT2D eigenvalue weighted by Crippen LogP contribution is 2.13. The standard InChI is InChI=1S/C8H10ClN3O4/c1-16-5-7(13)4-11-6(3-9)2-8(10-11)12(14)15/h2H,3-5H2,1H3. The average molecular weight is 248 g/mol. The number of hydrogen-bond acceptors (Lipinski definition) is 5. The van der Waals surface area contributed by atoms with Gasteiger partial charge in [-0.1, -0.05) is 0 Å². The Bertz CT molecular complexity index is 404. The number of halogens is 1. The first-order valence-corrected chi connectivity index (χ1v) is 4.89. The lowest BCUT2D eigenvalue weighted by molar-refractivity contribution is -0.389. The van der Waals surface area contributed by atoms with Crippen LogP contribution < -0.4 is 0 Å². The lowest BCUT2D eigenvalue weighted by Gasteiger charge is -1.99. The van der Waals surface area contributed by atoms with E-state index < -0.39 is 4.92 Å². The highest BCUT2D eigenvalue weighted by Gasteiger charge is 2.19. The third kappa shape index (κ3) is 3.01. The van der Waals surface area contributed by atoms with Gasteiger partial charge in [0.2, 0.25) is 0 Å². The molecule has 0 N–H and O–H groups in total. The van der Waals surface area contributed by atoms with Gasteiger partial charge < -0.3 is 14.9 Å². The summed E-state index contributed by atoms with van der Waals surface area (Å²) in [5, 5.41) is 14.1. The lowest BCUT2D eigenvalue weighted by atomic mass is 10.4. The van der Waals surface area contributed by atoms with E-state index in [-0.39, 0.29) is 30.6 Å². The van der Waals surface area contributed by atoms with Crippen molar-refractivity contribution in [1.82, 2.24) is 9.78 Å². The molecule has 0 amide bonds. The van der Waals surface area contributed by atoms with Gasteiger partial charge in [0.05, 0.1) is 22.7 Å². The molecule has 7 nitrogen and oxygen atoms in total. The van der Waals surface area contributed by atoms with Crippen LogP contribution in [-0.2, 0) is 22.0 Å². The molecule has 0 atom stereocenters. The van der Waals surface area contributed by atoms with Gasteiger partial charge in [0.15, 0.2) is 5.78 Å². The minimum Gasteiger partial charge on any atom is -0.377 e. The Labute approximate surface area is 96.1 Å². The zero-order chi connectivity index (χ0) is 12.1. The van der Waals surface area contributed by atoms with Crippen LogP contribution in [0.25, 0.3) is 0 Å². The number of methoxy groups -OCH3 is 1. The molecule has 0 saturated heterocycles. The van der Waals surface area contributed by atoms with E-state index in [0.29, 0.717) is 5.69 Å². The predicted molar refractivity (Wildman–Crippen MR) is 55.3 cm³/mol. The van der Waals surface area contributed by atoms with Crippen LogP contribution in [0.5, 0.6) is 0 Å². The number of nitrogens with zero attached hydrogens (tertiary/aromatic N) is 3. The molecule has 0 radical (unpaired) electrons. The number of ether oxygens (including phenoxy) is 1. The molecule has 0 bridgehead atoms. The highest BCUT2D eigenvalue weighted by atomic mass is 35.5. The average Bonchev–Trinajstić information content (AvgIpc) is 2.61. The first kappa shape index (κ1) is 12.6. The van der Waals surface area contributed by atoms with Crippen LogP contribution in [0.4, 0.5) is 5.82 Å². The molecule has 1 aromatic heterocycles. The van der Waals surface area contributed by atoms with E-state index in [4.69, 9.17) is 11.6 Å². The molecule has 0 aliphatic rings. The van der Waals surface area contributed by atoms with E-state index in [2.05, 4.69) is 9.84 Å². The Morgan fingerprint density at radius 2 is 2.44 bits per heavy atom. The van der Waals surface area contributed by atoms with Gasteiger partial charge >= 0.3 is 5.82 Å². The third-order valence-corrected chi connectivity index (χ3v) is 2.08. The summed E-state index contributed by atoms with van der Waals surface area (Å²) in [5.41, 5.74) is 0.429. The number of carbonyl (C=O) groups excluding carboxylic acids is 1. The number of carbonyl (C=O) groups is 1. The summed E-state index contributed by atoms with van der Waals surface area (Å²) in [6.45, 7) is -0.140. The Morgan fingerprint density at radius 3 is 2.94 bits per heavy atom. The fraction of sp³-hybridized carbons (Fsp3) is 0.500. The molecule has 0 aliphatic heterocycles. The van der Waals surface area contributed by atoms with Crippen molar-refractivity contribution in [1.29, 1.82) is 0 Å². The van der Waals surface area contributed by atoms with Crippen LogP contribution in [0.1, 0.15) is 5.69 Å². The summed E-state index contributed by atoms with van der Waals surface area (Å²) in [6, 6.07) is 1.24. The molecular weight excluding hydrogens is 238 g/mol. The van der Waals surface area contributed by atoms with E-state index in [0.717, 1.165) is 0 Å². The molecule has 0 unspecified atom stereocenters. The van der Waals surface area contributed by atoms with Crippen molar-refractivity contribution in [3.63, 3.8) is 0 Å². The molecule has 0 saturated carbocycles. The van der Waals surface area contributed by atoms with Crippen LogP contribution in [-0.4, -0.2) is 34.2 Å². The van der Waals surface area contributed by atoms with E-state index >= 15 is 0 Å². The predicted octanol–water partition coefficient (Wildman–Crippen LogP) is 0.746. The number of rotatable bonds is 6. The molecule has 0 aliphatic carbocycles. The number of ketones is 1. The van der Waals surface area contributed by atoms with Crippen LogP contribution in [0.2, 0.25) is 0 Å². The molecule has 8 heteroatoms. The lowest BCUT2D eigenvalue weighted by Crippen LogP contribution is -2.17. The highest BCUT2D eigenvalue weighted by molar-refractivity contribution is 6.16. The zero-order valence-corrected chi connectivity index (χ0v) is 9.31. The van der Waals surface area contributed by atoms with E-state index in [1.165, 1.54) is 17.9 Å². The molecule has 16 heavy (non-hydrogen) atoms. The van der Waals surface area contributed by atoms with Crippen molar-refractivity contribution in [2.75, 3.05) is 13.7 Å². The van der Waals surface area contributed by atoms with Crippen molar-refractivity contribution in [2.45, 2.75) is 12.4 Å². The van der Waals surface area contributed by atoms with Gasteiger partial charge in [0.25, 0.3) is 0 Å². The van der Waals surface area contributed by atoms with Gasteiger partial charge in [0.1, 0.15) is 13.2 Å². The maximum atomic E-state index is 11.3. The molecule has 1 aromatic rings.